The van der Waals surface area contributed by atoms with E-state index in [1.54, 1.807) is 51.3 Å². The Morgan fingerprint density at radius 3 is 2.30 bits per heavy atom. The molecular formula is C33H38F2N4O8. The number of ketones is 2. The van der Waals surface area contributed by atoms with Crippen molar-refractivity contribution in [3.8, 4) is 11.5 Å². The molecule has 0 radical (unpaired) electrons. The number of rotatable bonds is 9. The van der Waals surface area contributed by atoms with Gasteiger partial charge >= 0.3 is 6.11 Å². The Hall–Kier alpha value is -4.53. The highest BCUT2D eigenvalue weighted by atomic mass is 19.3. The average molecular weight is 657 g/mol. The third-order valence-corrected chi connectivity index (χ3v) is 9.12. The number of aliphatic hydroxyl groups is 3. The minimum Gasteiger partial charge on any atom is -0.508 e. The topological polar surface area (TPSA) is 186 Å². The molecule has 0 aliphatic heterocycles. The Morgan fingerprint density at radius 1 is 1.11 bits per heavy atom. The number of amides is 1. The smallest absolute Gasteiger partial charge is 0.394 e. The minimum absolute atomic E-state index is 0.00554. The second kappa shape index (κ2) is 11.9. The standard InChI is InChI=1S/C33H38F2N4O8/c1-32(34,35)47-18-8-6-15(7-9-18)13-37-14-17-12-21(38(2)3)19-10-16-11-20-25(39(4)5)28(42)24(31(36)45)30(44)33(20,46)29(43)22(16)27(41)23(19)26(17)40/h6-9,12,16,20,25,37,40-41,44,46H,10-11,13-14H2,1-5H3,(H2,36,45)/t16-,20-,25-,33-/m0/s1. The van der Waals surface area contributed by atoms with Gasteiger partial charge in [-0.2, -0.15) is 8.78 Å². The SMILES string of the molecule is CN(C)c1cc(CNCc2ccc(OC(C)(F)F)cc2)c(O)c2c1C[C@H]1C[C@H]3[C@H](N(C)C)C(=O)C(C(N)=O)=C(O)[C@@]3(O)C(=O)C1=C2O. The number of alkyl halides is 2. The van der Waals surface area contributed by atoms with E-state index in [1.807, 2.05) is 0 Å². The molecule has 5 rings (SSSR count). The second-order valence-corrected chi connectivity index (χ2v) is 12.8. The molecule has 7 N–H and O–H groups in total. The van der Waals surface area contributed by atoms with Crippen molar-refractivity contribution < 1.29 is 48.3 Å². The Morgan fingerprint density at radius 2 is 1.74 bits per heavy atom. The summed E-state index contributed by atoms with van der Waals surface area (Å²) in [6.07, 6.45) is -3.17. The molecule has 1 fully saturated rings. The number of fused-ring (bicyclic) bond motifs is 3. The van der Waals surface area contributed by atoms with Gasteiger partial charge < -0.3 is 41.1 Å². The number of hydrogen-bond acceptors (Lipinski definition) is 11. The quantitative estimate of drug-likeness (QED) is 0.218. The predicted octanol–water partition coefficient (Wildman–Crippen LogP) is 2.31. The largest absolute Gasteiger partial charge is 0.508 e. The third-order valence-electron chi connectivity index (χ3n) is 9.12. The first-order valence-corrected chi connectivity index (χ1v) is 14.9. The van der Waals surface area contributed by atoms with E-state index in [-0.39, 0.29) is 48.6 Å². The molecule has 1 amide bonds. The zero-order valence-corrected chi connectivity index (χ0v) is 26.6. The van der Waals surface area contributed by atoms with Gasteiger partial charge in [0.2, 0.25) is 5.78 Å². The zero-order valence-electron chi connectivity index (χ0n) is 26.6. The first kappa shape index (κ1) is 33.8. The lowest BCUT2D eigenvalue weighted by Gasteiger charge is -2.50. The van der Waals surface area contributed by atoms with Gasteiger partial charge in [0.25, 0.3) is 5.91 Å². The number of hydrogen-bond donors (Lipinski definition) is 6. The first-order chi connectivity index (χ1) is 21.9. The van der Waals surface area contributed by atoms with Gasteiger partial charge in [-0.15, -0.1) is 0 Å². The van der Waals surface area contributed by atoms with E-state index in [0.717, 1.165) is 5.56 Å². The summed E-state index contributed by atoms with van der Waals surface area (Å²) in [6, 6.07) is 6.64. The number of Topliss-reactive ketones (excluding diaryl/α,β-unsaturated/α-hetero) is 2. The Kier molecular flexibility index (Phi) is 8.58. The van der Waals surface area contributed by atoms with Crippen LogP contribution in [0.5, 0.6) is 11.5 Å². The Labute approximate surface area is 269 Å². The number of benzene rings is 2. The lowest BCUT2D eigenvalue weighted by Crippen LogP contribution is -2.65. The highest BCUT2D eigenvalue weighted by molar-refractivity contribution is 6.24. The van der Waals surface area contributed by atoms with Crippen molar-refractivity contribution >= 4 is 28.9 Å². The normalized spacial score (nSPS) is 24.2. The van der Waals surface area contributed by atoms with Crippen molar-refractivity contribution in [3.05, 3.63) is 69.5 Å². The van der Waals surface area contributed by atoms with Crippen molar-refractivity contribution in [2.24, 2.45) is 17.6 Å². The van der Waals surface area contributed by atoms with E-state index >= 15 is 0 Å². The van der Waals surface area contributed by atoms with Crippen molar-refractivity contribution in [1.82, 2.24) is 10.2 Å². The summed E-state index contributed by atoms with van der Waals surface area (Å²) >= 11 is 0. The van der Waals surface area contributed by atoms with Crippen LogP contribution in [0.25, 0.3) is 5.76 Å². The van der Waals surface area contributed by atoms with Crippen LogP contribution in [0.4, 0.5) is 14.5 Å². The Bertz CT molecular complexity index is 1710. The molecule has 12 nitrogen and oxygen atoms in total. The number of phenols is 1. The van der Waals surface area contributed by atoms with Gasteiger partial charge in [-0.3, -0.25) is 19.3 Å². The van der Waals surface area contributed by atoms with Crippen LogP contribution in [0.2, 0.25) is 0 Å². The van der Waals surface area contributed by atoms with Gasteiger partial charge in [0.05, 0.1) is 11.6 Å². The first-order valence-electron chi connectivity index (χ1n) is 14.9. The van der Waals surface area contributed by atoms with Gasteiger partial charge in [-0.25, -0.2) is 0 Å². The van der Waals surface area contributed by atoms with Crippen molar-refractivity contribution in [2.75, 3.05) is 33.1 Å². The van der Waals surface area contributed by atoms with Crippen LogP contribution in [0.3, 0.4) is 0 Å². The van der Waals surface area contributed by atoms with E-state index in [4.69, 9.17) is 5.73 Å². The number of anilines is 1. The van der Waals surface area contributed by atoms with Crippen molar-refractivity contribution in [2.45, 2.75) is 50.6 Å². The molecule has 3 aliphatic rings. The van der Waals surface area contributed by atoms with E-state index in [1.165, 1.54) is 17.0 Å². The van der Waals surface area contributed by atoms with Crippen LogP contribution in [-0.4, -0.2) is 88.7 Å². The molecule has 47 heavy (non-hydrogen) atoms. The summed E-state index contributed by atoms with van der Waals surface area (Å²) in [5.41, 5.74) is 3.87. The number of aromatic hydroxyl groups is 1. The molecule has 4 atom stereocenters. The molecule has 2 aromatic carbocycles. The fourth-order valence-corrected chi connectivity index (χ4v) is 7.10. The molecule has 0 aromatic heterocycles. The number of ether oxygens (including phenoxy) is 1. The molecule has 0 bridgehead atoms. The van der Waals surface area contributed by atoms with Gasteiger partial charge in [-0.05, 0) is 62.2 Å². The predicted molar refractivity (Wildman–Crippen MR) is 167 cm³/mol. The van der Waals surface area contributed by atoms with Gasteiger partial charge in [-0.1, -0.05) is 12.1 Å². The monoisotopic (exact) mass is 656 g/mol. The van der Waals surface area contributed by atoms with Crippen LogP contribution in [0, 0.1) is 11.8 Å². The number of primary amides is 1. The number of carbonyl (C=O) groups is 3. The lowest BCUT2D eigenvalue weighted by atomic mass is 9.57. The van der Waals surface area contributed by atoms with Crippen LogP contribution in [0.15, 0.2) is 47.2 Å². The fraction of sp³-hybridized carbons (Fsp3) is 0.424. The number of nitrogens with two attached hydrogens (primary N) is 1. The van der Waals surface area contributed by atoms with Crippen molar-refractivity contribution in [1.29, 1.82) is 0 Å². The number of nitrogens with zero attached hydrogens (tertiary/aromatic N) is 2. The second-order valence-electron chi connectivity index (χ2n) is 12.8. The Balaban J connectivity index is 1.52. The highest BCUT2D eigenvalue weighted by Gasteiger charge is 2.64. The van der Waals surface area contributed by atoms with Crippen LogP contribution in [-0.2, 0) is 33.9 Å². The van der Waals surface area contributed by atoms with Crippen LogP contribution < -0.4 is 20.7 Å². The summed E-state index contributed by atoms with van der Waals surface area (Å²) < 4.78 is 30.8. The molecule has 2 aromatic rings. The van der Waals surface area contributed by atoms with E-state index in [9.17, 15) is 43.6 Å². The summed E-state index contributed by atoms with van der Waals surface area (Å²) in [6.45, 7) is 1.04. The van der Waals surface area contributed by atoms with E-state index < -0.39 is 64.2 Å². The fourth-order valence-electron chi connectivity index (χ4n) is 7.10. The van der Waals surface area contributed by atoms with E-state index in [2.05, 4.69) is 10.1 Å². The van der Waals surface area contributed by atoms with Gasteiger partial charge in [0.15, 0.2) is 11.4 Å². The molecule has 0 heterocycles. The highest BCUT2D eigenvalue weighted by Crippen LogP contribution is 2.54. The lowest BCUT2D eigenvalue weighted by molar-refractivity contribution is -0.159. The summed E-state index contributed by atoms with van der Waals surface area (Å²) in [5.74, 6) is -7.08. The average Bonchev–Trinajstić information content (AvgIpc) is 2.95. The zero-order chi connectivity index (χ0) is 34.7. The number of phenolic OH excluding ortho intramolecular Hbond substituents is 1. The third kappa shape index (κ3) is 5.70. The summed E-state index contributed by atoms with van der Waals surface area (Å²) in [7, 11) is 6.65. The molecular weight excluding hydrogens is 618 g/mol. The number of likely N-dealkylation sites (N-methyl/N-ethyl adjacent to an activating group) is 1. The van der Waals surface area contributed by atoms with Crippen LogP contribution >= 0.6 is 0 Å². The summed E-state index contributed by atoms with van der Waals surface area (Å²) in [4.78, 5) is 42.9. The maximum Gasteiger partial charge on any atom is 0.394 e. The molecule has 252 valence electrons. The van der Waals surface area contributed by atoms with Gasteiger partial charge in [0.1, 0.15) is 28.6 Å². The maximum absolute atomic E-state index is 14.1. The molecule has 14 heteroatoms. The van der Waals surface area contributed by atoms with Gasteiger partial charge in [0, 0.05) is 56.9 Å². The number of nitrogens with one attached hydrogen (secondary N) is 1. The molecule has 3 aliphatic carbocycles. The summed E-state index contributed by atoms with van der Waals surface area (Å²) in [5, 5.41) is 49.2. The molecule has 0 spiro atoms. The minimum atomic E-state index is -3.32. The van der Waals surface area contributed by atoms with Crippen molar-refractivity contribution in [3.63, 3.8) is 0 Å². The molecule has 0 saturated heterocycles. The molecule has 1 saturated carbocycles. The maximum atomic E-state index is 14.1. The number of carbonyl (C=O) groups excluding carboxylic acids is 3. The van der Waals surface area contributed by atoms with E-state index in [0.29, 0.717) is 23.7 Å². The molecule has 0 unspecified atom stereocenters. The number of aliphatic hydroxyl groups excluding tert-OH is 2. The number of halogens is 2. The van der Waals surface area contributed by atoms with Crippen LogP contribution in [0.1, 0.15) is 35.6 Å².